The first kappa shape index (κ1) is 12.3. The normalized spacial score (nSPS) is 10.3. The van der Waals surface area contributed by atoms with E-state index in [0.717, 1.165) is 30.8 Å². The van der Waals surface area contributed by atoms with Gasteiger partial charge in [0.15, 0.2) is 0 Å². The van der Waals surface area contributed by atoms with Crippen molar-refractivity contribution in [2.45, 2.75) is 26.4 Å². The predicted octanol–water partition coefficient (Wildman–Crippen LogP) is 3.67. The average Bonchev–Trinajstić information content (AvgIpc) is 2.26. The molecular weight excluding hydrogens is 212 g/mol. The molecule has 0 spiro atoms. The SMILES string of the molecule is CCCCOCc1ccc(Cl)cc1OC. The van der Waals surface area contributed by atoms with Crippen molar-refractivity contribution < 1.29 is 9.47 Å². The number of halogens is 1. The van der Waals surface area contributed by atoms with Crippen molar-refractivity contribution in [1.29, 1.82) is 0 Å². The summed E-state index contributed by atoms with van der Waals surface area (Å²) in [7, 11) is 1.64. The Kier molecular flexibility index (Phi) is 5.51. The van der Waals surface area contributed by atoms with Crippen molar-refractivity contribution in [3.05, 3.63) is 28.8 Å². The van der Waals surface area contributed by atoms with E-state index in [4.69, 9.17) is 21.1 Å². The molecule has 0 radical (unpaired) electrons. The summed E-state index contributed by atoms with van der Waals surface area (Å²) >= 11 is 5.86. The van der Waals surface area contributed by atoms with Gasteiger partial charge in [-0.1, -0.05) is 31.0 Å². The van der Waals surface area contributed by atoms with Gasteiger partial charge >= 0.3 is 0 Å². The first-order valence-electron chi connectivity index (χ1n) is 5.18. The van der Waals surface area contributed by atoms with Crippen LogP contribution in [0.4, 0.5) is 0 Å². The van der Waals surface area contributed by atoms with Crippen LogP contribution < -0.4 is 4.74 Å². The summed E-state index contributed by atoms with van der Waals surface area (Å²) < 4.78 is 10.7. The van der Waals surface area contributed by atoms with Crippen molar-refractivity contribution >= 4 is 11.6 Å². The lowest BCUT2D eigenvalue weighted by Gasteiger charge is -2.09. The monoisotopic (exact) mass is 228 g/mol. The maximum atomic E-state index is 5.86. The highest BCUT2D eigenvalue weighted by Gasteiger charge is 2.03. The zero-order valence-corrected chi connectivity index (χ0v) is 10.0. The molecule has 15 heavy (non-hydrogen) atoms. The molecule has 0 saturated heterocycles. The van der Waals surface area contributed by atoms with Crippen molar-refractivity contribution in [1.82, 2.24) is 0 Å². The zero-order valence-electron chi connectivity index (χ0n) is 9.25. The molecule has 84 valence electrons. The third-order valence-electron chi connectivity index (χ3n) is 2.15. The third kappa shape index (κ3) is 4.10. The van der Waals surface area contributed by atoms with E-state index < -0.39 is 0 Å². The summed E-state index contributed by atoms with van der Waals surface area (Å²) in [6.07, 6.45) is 2.24. The molecule has 3 heteroatoms. The summed E-state index contributed by atoms with van der Waals surface area (Å²) in [5, 5.41) is 0.684. The minimum absolute atomic E-state index is 0.584. The van der Waals surface area contributed by atoms with Gasteiger partial charge in [-0.25, -0.2) is 0 Å². The lowest BCUT2D eigenvalue weighted by Crippen LogP contribution is -1.97. The highest BCUT2D eigenvalue weighted by molar-refractivity contribution is 6.30. The Labute approximate surface area is 96.2 Å². The minimum atomic E-state index is 0.584. The molecule has 0 aliphatic heterocycles. The largest absolute Gasteiger partial charge is 0.496 e. The Morgan fingerprint density at radius 3 is 2.80 bits per heavy atom. The molecule has 2 nitrogen and oxygen atoms in total. The van der Waals surface area contributed by atoms with Crippen LogP contribution in [0.1, 0.15) is 25.3 Å². The van der Waals surface area contributed by atoms with E-state index in [1.54, 1.807) is 13.2 Å². The third-order valence-corrected chi connectivity index (χ3v) is 2.38. The van der Waals surface area contributed by atoms with Crippen LogP contribution in [0.2, 0.25) is 5.02 Å². The number of methoxy groups -OCH3 is 1. The van der Waals surface area contributed by atoms with Gasteiger partial charge in [-0.15, -0.1) is 0 Å². The van der Waals surface area contributed by atoms with Crippen molar-refractivity contribution in [3.8, 4) is 5.75 Å². The van der Waals surface area contributed by atoms with E-state index in [2.05, 4.69) is 6.92 Å². The summed E-state index contributed by atoms with van der Waals surface area (Å²) in [6.45, 7) is 3.52. The van der Waals surface area contributed by atoms with Crippen LogP contribution in [0, 0.1) is 0 Å². The van der Waals surface area contributed by atoms with Crippen molar-refractivity contribution in [3.63, 3.8) is 0 Å². The fourth-order valence-electron chi connectivity index (χ4n) is 1.27. The molecule has 0 unspecified atom stereocenters. The number of ether oxygens (including phenoxy) is 2. The summed E-state index contributed by atoms with van der Waals surface area (Å²) in [6, 6.07) is 5.59. The molecule has 0 fully saturated rings. The minimum Gasteiger partial charge on any atom is -0.496 e. The van der Waals surface area contributed by atoms with Gasteiger partial charge in [-0.2, -0.15) is 0 Å². The molecule has 0 atom stereocenters. The number of hydrogen-bond acceptors (Lipinski definition) is 2. The molecule has 0 aliphatic carbocycles. The fraction of sp³-hybridized carbons (Fsp3) is 0.500. The van der Waals surface area contributed by atoms with Gasteiger partial charge in [-0.05, 0) is 18.6 Å². The van der Waals surface area contributed by atoms with E-state index in [1.165, 1.54) is 0 Å². The maximum absolute atomic E-state index is 5.86. The Hall–Kier alpha value is -0.730. The standard InChI is InChI=1S/C12H17ClO2/c1-3-4-7-15-9-10-5-6-11(13)8-12(10)14-2/h5-6,8H,3-4,7,9H2,1-2H3. The lowest BCUT2D eigenvalue weighted by atomic mass is 10.2. The number of benzene rings is 1. The number of unbranched alkanes of at least 4 members (excludes halogenated alkanes) is 1. The second-order valence-electron chi connectivity index (χ2n) is 3.36. The van der Waals surface area contributed by atoms with Gasteiger partial charge in [0, 0.05) is 17.2 Å². The van der Waals surface area contributed by atoms with Crippen LogP contribution in [-0.2, 0) is 11.3 Å². The van der Waals surface area contributed by atoms with E-state index in [0.29, 0.717) is 11.6 Å². The summed E-state index contributed by atoms with van der Waals surface area (Å²) in [5.41, 5.74) is 1.04. The fourth-order valence-corrected chi connectivity index (χ4v) is 1.43. The van der Waals surface area contributed by atoms with Gasteiger partial charge in [0.2, 0.25) is 0 Å². The van der Waals surface area contributed by atoms with Crippen LogP contribution in [0.3, 0.4) is 0 Å². The molecule has 0 saturated carbocycles. The van der Waals surface area contributed by atoms with Crippen LogP contribution in [0.5, 0.6) is 5.75 Å². The van der Waals surface area contributed by atoms with Crippen molar-refractivity contribution in [2.24, 2.45) is 0 Å². The van der Waals surface area contributed by atoms with Crippen molar-refractivity contribution in [2.75, 3.05) is 13.7 Å². The second kappa shape index (κ2) is 6.70. The van der Waals surface area contributed by atoms with E-state index in [-0.39, 0.29) is 0 Å². The van der Waals surface area contributed by atoms with Crippen LogP contribution >= 0.6 is 11.6 Å². The van der Waals surface area contributed by atoms with Gasteiger partial charge in [0.1, 0.15) is 5.75 Å². The number of rotatable bonds is 6. The van der Waals surface area contributed by atoms with Crippen LogP contribution in [-0.4, -0.2) is 13.7 Å². The van der Waals surface area contributed by atoms with E-state index in [1.807, 2.05) is 12.1 Å². The lowest BCUT2D eigenvalue weighted by molar-refractivity contribution is 0.116. The average molecular weight is 229 g/mol. The Morgan fingerprint density at radius 2 is 2.13 bits per heavy atom. The molecule has 0 aliphatic rings. The van der Waals surface area contributed by atoms with Gasteiger partial charge in [-0.3, -0.25) is 0 Å². The molecule has 0 amide bonds. The smallest absolute Gasteiger partial charge is 0.125 e. The first-order chi connectivity index (χ1) is 7.27. The molecule has 0 aromatic heterocycles. The highest BCUT2D eigenvalue weighted by Crippen LogP contribution is 2.23. The summed E-state index contributed by atoms with van der Waals surface area (Å²) in [4.78, 5) is 0. The Balaban J connectivity index is 2.52. The molecule has 1 aromatic carbocycles. The Morgan fingerprint density at radius 1 is 1.33 bits per heavy atom. The molecule has 0 N–H and O–H groups in total. The van der Waals surface area contributed by atoms with Gasteiger partial charge in [0.05, 0.1) is 13.7 Å². The molecule has 0 bridgehead atoms. The van der Waals surface area contributed by atoms with E-state index in [9.17, 15) is 0 Å². The Bertz CT molecular complexity index is 300. The quantitative estimate of drug-likeness (QED) is 0.692. The zero-order chi connectivity index (χ0) is 11.1. The van der Waals surface area contributed by atoms with Crippen LogP contribution in [0.15, 0.2) is 18.2 Å². The first-order valence-corrected chi connectivity index (χ1v) is 5.56. The molecule has 1 aromatic rings. The van der Waals surface area contributed by atoms with Crippen LogP contribution in [0.25, 0.3) is 0 Å². The maximum Gasteiger partial charge on any atom is 0.125 e. The molecule has 0 heterocycles. The highest BCUT2D eigenvalue weighted by atomic mass is 35.5. The second-order valence-corrected chi connectivity index (χ2v) is 3.80. The molecule has 1 rings (SSSR count). The molecular formula is C12H17ClO2. The van der Waals surface area contributed by atoms with Gasteiger partial charge < -0.3 is 9.47 Å². The number of hydrogen-bond donors (Lipinski definition) is 0. The van der Waals surface area contributed by atoms with E-state index >= 15 is 0 Å². The topological polar surface area (TPSA) is 18.5 Å². The summed E-state index contributed by atoms with van der Waals surface area (Å²) in [5.74, 6) is 0.791. The van der Waals surface area contributed by atoms with Gasteiger partial charge in [0.25, 0.3) is 0 Å². The predicted molar refractivity (Wildman–Crippen MR) is 62.6 cm³/mol.